The van der Waals surface area contributed by atoms with Gasteiger partial charge in [-0.05, 0) is 47.9 Å². The highest BCUT2D eigenvalue weighted by atomic mass is 16.6. The third-order valence-electron chi connectivity index (χ3n) is 6.05. The van der Waals surface area contributed by atoms with Crippen LogP contribution in [-0.4, -0.2) is 46.6 Å². The number of fused-ring (bicyclic) bond motifs is 1. The summed E-state index contributed by atoms with van der Waals surface area (Å²) < 4.78 is 11.1. The predicted molar refractivity (Wildman–Crippen MR) is 125 cm³/mol. The van der Waals surface area contributed by atoms with Gasteiger partial charge in [0, 0.05) is 12.1 Å². The molecule has 7 nitrogen and oxygen atoms in total. The maximum absolute atomic E-state index is 13.2. The molecule has 1 saturated heterocycles. The Morgan fingerprint density at radius 1 is 0.912 bits per heavy atom. The van der Waals surface area contributed by atoms with E-state index in [9.17, 15) is 19.8 Å². The molecular formula is C27H23NO6. The Morgan fingerprint density at radius 3 is 2.35 bits per heavy atom. The van der Waals surface area contributed by atoms with Crippen molar-refractivity contribution in [2.45, 2.75) is 12.5 Å². The first-order valence-corrected chi connectivity index (χ1v) is 11.0. The van der Waals surface area contributed by atoms with E-state index in [1.54, 1.807) is 30.3 Å². The van der Waals surface area contributed by atoms with Gasteiger partial charge in [0.05, 0.1) is 11.6 Å². The molecule has 3 aromatic rings. The van der Waals surface area contributed by atoms with Gasteiger partial charge in [0.25, 0.3) is 11.7 Å². The Bertz CT molecular complexity index is 1270. The summed E-state index contributed by atoms with van der Waals surface area (Å²) in [7, 11) is 0. The molecule has 34 heavy (non-hydrogen) atoms. The first kappa shape index (κ1) is 21.6. The van der Waals surface area contributed by atoms with Gasteiger partial charge < -0.3 is 24.6 Å². The number of ketones is 1. The number of carbonyl (C=O) groups excluding carboxylic acids is 2. The molecule has 7 heteroatoms. The summed E-state index contributed by atoms with van der Waals surface area (Å²) in [4.78, 5) is 27.7. The minimum atomic E-state index is -0.794. The van der Waals surface area contributed by atoms with Gasteiger partial charge in [-0.2, -0.15) is 0 Å². The molecule has 0 spiro atoms. The van der Waals surface area contributed by atoms with Crippen molar-refractivity contribution >= 4 is 17.4 Å². The quantitative estimate of drug-likeness (QED) is 0.344. The normalized spacial score (nSPS) is 18.8. The molecule has 0 bridgehead atoms. The second-order valence-electron chi connectivity index (χ2n) is 8.18. The minimum absolute atomic E-state index is 0.000397. The lowest BCUT2D eigenvalue weighted by Gasteiger charge is -2.25. The Balaban J connectivity index is 1.57. The van der Waals surface area contributed by atoms with Gasteiger partial charge in [-0.15, -0.1) is 0 Å². The van der Waals surface area contributed by atoms with Crippen molar-refractivity contribution in [1.82, 2.24) is 4.90 Å². The lowest BCUT2D eigenvalue weighted by atomic mass is 9.95. The number of Topliss-reactive ketones (excluding diaryl/α,β-unsaturated/α-hetero) is 1. The van der Waals surface area contributed by atoms with E-state index >= 15 is 0 Å². The Hall–Kier alpha value is -4.26. The van der Waals surface area contributed by atoms with E-state index in [-0.39, 0.29) is 23.6 Å². The number of aliphatic hydroxyl groups excluding tert-OH is 1. The third-order valence-corrected chi connectivity index (χ3v) is 6.05. The van der Waals surface area contributed by atoms with E-state index in [0.717, 1.165) is 5.56 Å². The summed E-state index contributed by atoms with van der Waals surface area (Å²) in [6, 6.07) is 20.1. The van der Waals surface area contributed by atoms with E-state index < -0.39 is 17.7 Å². The molecule has 3 aromatic carbocycles. The summed E-state index contributed by atoms with van der Waals surface area (Å²) in [6.45, 7) is 1.11. The number of ether oxygens (including phenoxy) is 2. The number of aliphatic hydroxyl groups is 1. The molecule has 1 fully saturated rings. The lowest BCUT2D eigenvalue weighted by Crippen LogP contribution is -2.31. The van der Waals surface area contributed by atoms with Crippen LogP contribution in [0.15, 0.2) is 78.4 Å². The van der Waals surface area contributed by atoms with Crippen LogP contribution in [0.4, 0.5) is 0 Å². The number of carbonyl (C=O) groups is 2. The number of rotatable bonds is 5. The molecule has 0 radical (unpaired) electrons. The number of amides is 1. The smallest absolute Gasteiger partial charge is 0.295 e. The molecule has 2 aliphatic rings. The second-order valence-corrected chi connectivity index (χ2v) is 8.18. The summed E-state index contributed by atoms with van der Waals surface area (Å²) in [6.07, 6.45) is 0.548. The molecule has 172 valence electrons. The highest BCUT2D eigenvalue weighted by molar-refractivity contribution is 6.46. The minimum Gasteiger partial charge on any atom is -0.508 e. The average molecular weight is 457 g/mol. The third kappa shape index (κ3) is 3.96. The van der Waals surface area contributed by atoms with Crippen LogP contribution < -0.4 is 9.47 Å². The van der Waals surface area contributed by atoms with Crippen molar-refractivity contribution in [3.05, 3.63) is 95.1 Å². The number of aromatic hydroxyl groups is 1. The zero-order chi connectivity index (χ0) is 23.7. The van der Waals surface area contributed by atoms with Gasteiger partial charge in [0.15, 0.2) is 11.5 Å². The van der Waals surface area contributed by atoms with Crippen LogP contribution in [0.3, 0.4) is 0 Å². The zero-order valence-corrected chi connectivity index (χ0v) is 18.3. The summed E-state index contributed by atoms with van der Waals surface area (Å²) in [5.74, 6) is -0.616. The molecule has 2 aliphatic heterocycles. The first-order chi connectivity index (χ1) is 16.5. The van der Waals surface area contributed by atoms with E-state index in [1.165, 1.54) is 17.0 Å². The van der Waals surface area contributed by atoms with E-state index in [2.05, 4.69) is 0 Å². The van der Waals surface area contributed by atoms with Crippen LogP contribution in [0.5, 0.6) is 17.2 Å². The number of nitrogens with zero attached hydrogens (tertiary/aromatic N) is 1. The van der Waals surface area contributed by atoms with Crippen molar-refractivity contribution in [3.8, 4) is 17.2 Å². The molecule has 5 rings (SSSR count). The maximum Gasteiger partial charge on any atom is 0.295 e. The Morgan fingerprint density at radius 2 is 1.62 bits per heavy atom. The van der Waals surface area contributed by atoms with Gasteiger partial charge in [-0.3, -0.25) is 9.59 Å². The first-order valence-electron chi connectivity index (χ1n) is 11.0. The van der Waals surface area contributed by atoms with Gasteiger partial charge in [0.2, 0.25) is 0 Å². The summed E-state index contributed by atoms with van der Waals surface area (Å²) >= 11 is 0. The van der Waals surface area contributed by atoms with Gasteiger partial charge in [-0.25, -0.2) is 0 Å². The molecule has 0 aromatic heterocycles. The monoisotopic (exact) mass is 457 g/mol. The molecule has 0 unspecified atom stereocenters. The molecule has 0 saturated carbocycles. The fraction of sp³-hybridized carbons (Fsp3) is 0.185. The van der Waals surface area contributed by atoms with Crippen molar-refractivity contribution in [3.63, 3.8) is 0 Å². The number of likely N-dealkylation sites (tertiary alicyclic amines) is 1. The van der Waals surface area contributed by atoms with E-state index in [4.69, 9.17) is 9.47 Å². The number of phenolic OH excluding ortho intramolecular Hbond substituents is 1. The van der Waals surface area contributed by atoms with E-state index in [1.807, 2.05) is 30.3 Å². The molecule has 1 amide bonds. The molecule has 0 aliphatic carbocycles. The van der Waals surface area contributed by atoms with E-state index in [0.29, 0.717) is 42.3 Å². The van der Waals surface area contributed by atoms with Crippen LogP contribution in [0.2, 0.25) is 0 Å². The van der Waals surface area contributed by atoms with Crippen molar-refractivity contribution in [1.29, 1.82) is 0 Å². The number of benzene rings is 3. The van der Waals surface area contributed by atoms with Crippen molar-refractivity contribution in [2.24, 2.45) is 0 Å². The molecule has 2 heterocycles. The zero-order valence-electron chi connectivity index (χ0n) is 18.3. The molecule has 2 N–H and O–H groups in total. The SMILES string of the molecule is O=C1C(=O)N(CCc2ccccc2)[C@@H](c2ccc(O)cc2)C1=C(O)c1ccc2c(c1)OCCO2. The average Bonchev–Trinajstić information content (AvgIpc) is 3.12. The summed E-state index contributed by atoms with van der Waals surface area (Å²) in [5, 5.41) is 21.0. The highest BCUT2D eigenvalue weighted by Crippen LogP contribution is 2.41. The number of hydrogen-bond donors (Lipinski definition) is 2. The van der Waals surface area contributed by atoms with Crippen LogP contribution in [0.25, 0.3) is 5.76 Å². The van der Waals surface area contributed by atoms with Gasteiger partial charge in [0.1, 0.15) is 24.7 Å². The Labute approximate surface area is 196 Å². The fourth-order valence-corrected chi connectivity index (χ4v) is 4.35. The largest absolute Gasteiger partial charge is 0.508 e. The van der Waals surface area contributed by atoms with Crippen molar-refractivity contribution < 1.29 is 29.3 Å². The predicted octanol–water partition coefficient (Wildman–Crippen LogP) is 3.83. The Kier molecular flexibility index (Phi) is 5.67. The summed E-state index contributed by atoms with van der Waals surface area (Å²) in [5.41, 5.74) is 2.00. The second kappa shape index (κ2) is 8.94. The molecular weight excluding hydrogens is 434 g/mol. The highest BCUT2D eigenvalue weighted by Gasteiger charge is 2.45. The van der Waals surface area contributed by atoms with Crippen LogP contribution in [-0.2, 0) is 16.0 Å². The van der Waals surface area contributed by atoms with Crippen molar-refractivity contribution in [2.75, 3.05) is 19.8 Å². The fourth-order valence-electron chi connectivity index (χ4n) is 4.35. The van der Waals surface area contributed by atoms with Gasteiger partial charge >= 0.3 is 0 Å². The molecule has 1 atom stereocenters. The lowest BCUT2D eigenvalue weighted by molar-refractivity contribution is -0.139. The number of phenols is 1. The maximum atomic E-state index is 13.2. The van der Waals surface area contributed by atoms with Crippen LogP contribution in [0.1, 0.15) is 22.7 Å². The van der Waals surface area contributed by atoms with Crippen LogP contribution >= 0.6 is 0 Å². The van der Waals surface area contributed by atoms with Gasteiger partial charge in [-0.1, -0.05) is 42.5 Å². The number of hydrogen-bond acceptors (Lipinski definition) is 6. The standard InChI is InChI=1S/C27H23NO6/c29-20-9-6-18(7-10-20)24-23(25(30)19-8-11-21-22(16-19)34-15-14-33-21)26(31)27(32)28(24)13-12-17-4-2-1-3-5-17/h1-11,16,24,29-30H,12-15H2/t24-/m0/s1. The topological polar surface area (TPSA) is 96.3 Å². The van der Waals surface area contributed by atoms with Crippen LogP contribution in [0, 0.1) is 0 Å².